The van der Waals surface area contributed by atoms with E-state index in [9.17, 15) is 9.59 Å². The third kappa shape index (κ3) is 7.19. The zero-order valence-corrected chi connectivity index (χ0v) is 17.3. The molecule has 0 unspecified atom stereocenters. The summed E-state index contributed by atoms with van der Waals surface area (Å²) in [7, 11) is 0. The van der Waals surface area contributed by atoms with E-state index in [4.69, 9.17) is 30.5 Å². The van der Waals surface area contributed by atoms with E-state index in [-0.39, 0.29) is 0 Å². The normalized spacial score (nSPS) is 11.3. The van der Waals surface area contributed by atoms with Gasteiger partial charge in [0.25, 0.3) is 5.91 Å². The molecule has 29 heavy (non-hydrogen) atoms. The Labute approximate surface area is 174 Å². The number of esters is 1. The van der Waals surface area contributed by atoms with E-state index in [0.717, 1.165) is 0 Å². The molecule has 0 saturated carbocycles. The second-order valence-electron chi connectivity index (χ2n) is 5.90. The van der Waals surface area contributed by atoms with Crippen molar-refractivity contribution in [3.8, 4) is 17.2 Å². The molecule has 1 amide bonds. The Morgan fingerprint density at radius 3 is 2.31 bits per heavy atom. The number of hydrogen-bond donors (Lipinski definition) is 1. The van der Waals surface area contributed by atoms with E-state index in [0.29, 0.717) is 41.2 Å². The fraction of sp³-hybridized carbons (Fsp3) is 0.333. The lowest BCUT2D eigenvalue weighted by Gasteiger charge is -2.15. The van der Waals surface area contributed by atoms with Crippen LogP contribution in [0.2, 0.25) is 5.02 Å². The summed E-state index contributed by atoms with van der Waals surface area (Å²) >= 11 is 5.81. The van der Waals surface area contributed by atoms with E-state index in [1.54, 1.807) is 42.5 Å². The molecule has 0 aliphatic rings. The molecule has 1 atom stereocenters. The standard InChI is InChI=1S/C21H24ClNO6/c1-4-26-18-11-8-16(12-19(18)27-5-2)23-20(24)13-28-21(25)14(3)29-17-9-6-15(22)7-10-17/h6-12,14H,4-5,13H2,1-3H3,(H,23,24)/t14-/m0/s1. The Kier molecular flexibility index (Phi) is 8.61. The van der Waals surface area contributed by atoms with Crippen molar-refractivity contribution >= 4 is 29.2 Å². The molecular weight excluding hydrogens is 398 g/mol. The van der Waals surface area contributed by atoms with Crippen LogP contribution in [0.5, 0.6) is 17.2 Å². The van der Waals surface area contributed by atoms with Crippen LogP contribution in [0.1, 0.15) is 20.8 Å². The van der Waals surface area contributed by atoms with Gasteiger partial charge in [0.05, 0.1) is 13.2 Å². The minimum Gasteiger partial charge on any atom is -0.490 e. The van der Waals surface area contributed by atoms with Crippen molar-refractivity contribution in [2.45, 2.75) is 26.9 Å². The zero-order chi connectivity index (χ0) is 21.2. The highest BCUT2D eigenvalue weighted by Crippen LogP contribution is 2.30. The summed E-state index contributed by atoms with van der Waals surface area (Å²) in [6.45, 7) is 5.78. The summed E-state index contributed by atoms with van der Waals surface area (Å²) in [4.78, 5) is 24.1. The molecule has 2 aromatic rings. The van der Waals surface area contributed by atoms with Gasteiger partial charge in [0.1, 0.15) is 5.75 Å². The Morgan fingerprint density at radius 2 is 1.66 bits per heavy atom. The van der Waals surface area contributed by atoms with Crippen LogP contribution in [-0.4, -0.2) is 37.8 Å². The van der Waals surface area contributed by atoms with Gasteiger partial charge in [0.2, 0.25) is 0 Å². The van der Waals surface area contributed by atoms with Gasteiger partial charge in [-0.05, 0) is 57.2 Å². The predicted molar refractivity (Wildman–Crippen MR) is 110 cm³/mol. The summed E-state index contributed by atoms with van der Waals surface area (Å²) in [5.41, 5.74) is 0.503. The van der Waals surface area contributed by atoms with Crippen molar-refractivity contribution in [1.82, 2.24) is 0 Å². The van der Waals surface area contributed by atoms with Crippen LogP contribution >= 0.6 is 11.6 Å². The summed E-state index contributed by atoms with van der Waals surface area (Å²) in [6.07, 6.45) is -0.876. The Bertz CT molecular complexity index is 824. The largest absolute Gasteiger partial charge is 0.490 e. The first kappa shape index (κ1) is 22.4. The Morgan fingerprint density at radius 1 is 1.00 bits per heavy atom. The molecule has 0 radical (unpaired) electrons. The van der Waals surface area contributed by atoms with Crippen molar-refractivity contribution in [2.24, 2.45) is 0 Å². The first-order valence-corrected chi connectivity index (χ1v) is 9.59. The molecular formula is C21H24ClNO6. The molecule has 1 N–H and O–H groups in total. The lowest BCUT2D eigenvalue weighted by atomic mass is 10.2. The van der Waals surface area contributed by atoms with E-state index in [2.05, 4.69) is 5.32 Å². The summed E-state index contributed by atoms with van der Waals surface area (Å²) < 4.78 is 21.5. The number of ether oxygens (including phenoxy) is 4. The highest BCUT2D eigenvalue weighted by Gasteiger charge is 2.18. The number of nitrogens with one attached hydrogen (secondary N) is 1. The van der Waals surface area contributed by atoms with Crippen LogP contribution in [0.15, 0.2) is 42.5 Å². The molecule has 0 aromatic heterocycles. The summed E-state index contributed by atoms with van der Waals surface area (Å²) in [5, 5.41) is 3.21. The SMILES string of the molecule is CCOc1ccc(NC(=O)COC(=O)[C@H](C)Oc2ccc(Cl)cc2)cc1OCC. The average Bonchev–Trinajstić information content (AvgIpc) is 2.70. The van der Waals surface area contributed by atoms with Gasteiger partial charge in [-0.15, -0.1) is 0 Å². The number of carbonyl (C=O) groups is 2. The van der Waals surface area contributed by atoms with Crippen molar-refractivity contribution in [3.63, 3.8) is 0 Å². The molecule has 0 spiro atoms. The van der Waals surface area contributed by atoms with Crippen molar-refractivity contribution in [1.29, 1.82) is 0 Å². The van der Waals surface area contributed by atoms with Crippen molar-refractivity contribution in [3.05, 3.63) is 47.5 Å². The van der Waals surface area contributed by atoms with Crippen LogP contribution in [0, 0.1) is 0 Å². The maximum atomic E-state index is 12.1. The van der Waals surface area contributed by atoms with Crippen LogP contribution < -0.4 is 19.5 Å². The zero-order valence-electron chi connectivity index (χ0n) is 16.6. The highest BCUT2D eigenvalue weighted by molar-refractivity contribution is 6.30. The van der Waals surface area contributed by atoms with Gasteiger partial charge in [-0.1, -0.05) is 11.6 Å². The number of halogens is 1. The van der Waals surface area contributed by atoms with Crippen LogP contribution in [0.3, 0.4) is 0 Å². The quantitative estimate of drug-likeness (QED) is 0.582. The molecule has 0 bridgehead atoms. The first-order chi connectivity index (χ1) is 13.9. The topological polar surface area (TPSA) is 83.1 Å². The van der Waals surface area contributed by atoms with Gasteiger partial charge in [-0.2, -0.15) is 0 Å². The summed E-state index contributed by atoms with van der Waals surface area (Å²) in [6, 6.07) is 11.6. The number of amides is 1. The minimum absolute atomic E-state index is 0.440. The van der Waals surface area contributed by atoms with Crippen LogP contribution in [0.25, 0.3) is 0 Å². The average molecular weight is 422 g/mol. The number of rotatable bonds is 10. The molecule has 7 nitrogen and oxygen atoms in total. The van der Waals surface area contributed by atoms with Gasteiger partial charge in [-0.25, -0.2) is 4.79 Å². The predicted octanol–water partition coefficient (Wildman–Crippen LogP) is 4.09. The molecule has 0 aliphatic heterocycles. The molecule has 156 valence electrons. The van der Waals surface area contributed by atoms with Gasteiger partial charge < -0.3 is 24.3 Å². The third-order valence-electron chi connectivity index (χ3n) is 3.63. The Balaban J connectivity index is 1.86. The molecule has 0 aliphatic carbocycles. The number of hydrogen-bond acceptors (Lipinski definition) is 6. The smallest absolute Gasteiger partial charge is 0.347 e. The molecule has 2 rings (SSSR count). The molecule has 8 heteroatoms. The third-order valence-corrected chi connectivity index (χ3v) is 3.88. The van der Waals surface area contributed by atoms with Gasteiger partial charge in [-0.3, -0.25) is 4.79 Å². The van der Waals surface area contributed by atoms with Crippen LogP contribution in [0.4, 0.5) is 5.69 Å². The fourth-order valence-corrected chi connectivity index (χ4v) is 2.47. The number of anilines is 1. The van der Waals surface area contributed by atoms with E-state index in [1.165, 1.54) is 6.92 Å². The lowest BCUT2D eigenvalue weighted by molar-refractivity contribution is -0.153. The van der Waals surface area contributed by atoms with Gasteiger partial charge in [0.15, 0.2) is 24.2 Å². The molecule has 2 aromatic carbocycles. The second kappa shape index (κ2) is 11.2. The van der Waals surface area contributed by atoms with E-state index >= 15 is 0 Å². The monoisotopic (exact) mass is 421 g/mol. The van der Waals surface area contributed by atoms with Crippen LogP contribution in [-0.2, 0) is 14.3 Å². The number of benzene rings is 2. The highest BCUT2D eigenvalue weighted by atomic mass is 35.5. The molecule has 0 heterocycles. The maximum Gasteiger partial charge on any atom is 0.347 e. The first-order valence-electron chi connectivity index (χ1n) is 9.21. The molecule has 0 fully saturated rings. The second-order valence-corrected chi connectivity index (χ2v) is 6.33. The lowest BCUT2D eigenvalue weighted by Crippen LogP contribution is -2.29. The molecule has 0 saturated heterocycles. The number of carbonyl (C=O) groups excluding carboxylic acids is 2. The van der Waals surface area contributed by atoms with Gasteiger partial charge in [0, 0.05) is 16.8 Å². The Hall–Kier alpha value is -2.93. The maximum absolute atomic E-state index is 12.1. The minimum atomic E-state index is -0.876. The van der Waals surface area contributed by atoms with Crippen molar-refractivity contribution < 1.29 is 28.5 Å². The van der Waals surface area contributed by atoms with E-state index in [1.807, 2.05) is 13.8 Å². The summed E-state index contributed by atoms with van der Waals surface area (Å²) in [5.74, 6) is 0.447. The van der Waals surface area contributed by atoms with E-state index < -0.39 is 24.6 Å². The fourth-order valence-electron chi connectivity index (χ4n) is 2.35. The van der Waals surface area contributed by atoms with Crippen molar-refractivity contribution in [2.75, 3.05) is 25.1 Å². The van der Waals surface area contributed by atoms with Gasteiger partial charge >= 0.3 is 5.97 Å².